The molecule has 4 aromatic rings. The van der Waals surface area contributed by atoms with Gasteiger partial charge in [0.05, 0.1) is 22.7 Å². The van der Waals surface area contributed by atoms with Gasteiger partial charge in [-0.25, -0.2) is 0 Å². The number of nitrogens with zero attached hydrogens (tertiary/aromatic N) is 2. The number of benzene rings is 3. The number of carbonyl (C=O) groups excluding carboxylic acids is 1. The maximum atomic E-state index is 13.5. The van der Waals surface area contributed by atoms with Crippen molar-refractivity contribution in [3.8, 4) is 12.3 Å². The number of terminal acetylenes is 1. The topological polar surface area (TPSA) is 34.4 Å². The highest BCUT2D eigenvalue weighted by molar-refractivity contribution is 7.16. The van der Waals surface area contributed by atoms with Gasteiger partial charge >= 0.3 is 0 Å². The van der Waals surface area contributed by atoms with E-state index in [2.05, 4.69) is 36.9 Å². The average Bonchev–Trinajstić information content (AvgIpc) is 3.07. The number of hydrogen-bond donors (Lipinski definition) is 0. The van der Waals surface area contributed by atoms with Crippen LogP contribution < -0.4 is 4.80 Å². The summed E-state index contributed by atoms with van der Waals surface area (Å²) in [5.41, 5.74) is 5.21. The van der Waals surface area contributed by atoms with Crippen LogP contribution in [-0.2, 0) is 11.3 Å². The molecule has 3 aromatic carbocycles. The van der Waals surface area contributed by atoms with Crippen LogP contribution in [0.5, 0.6) is 0 Å². The van der Waals surface area contributed by atoms with Crippen LogP contribution in [0.2, 0.25) is 0 Å². The summed E-state index contributed by atoms with van der Waals surface area (Å²) in [6.07, 6.45) is 5.64. The van der Waals surface area contributed by atoms with E-state index in [9.17, 15) is 4.79 Å². The van der Waals surface area contributed by atoms with Gasteiger partial charge in [0.1, 0.15) is 0 Å². The quantitative estimate of drug-likeness (QED) is 0.425. The molecule has 0 fully saturated rings. The van der Waals surface area contributed by atoms with Gasteiger partial charge in [0.15, 0.2) is 4.80 Å². The molecule has 148 valence electrons. The molecule has 0 aliphatic rings. The maximum absolute atomic E-state index is 13.5. The lowest BCUT2D eigenvalue weighted by atomic mass is 9.91. The molecule has 3 nitrogen and oxygen atoms in total. The normalized spacial score (nSPS) is 11.7. The van der Waals surface area contributed by atoms with Crippen molar-refractivity contribution < 1.29 is 4.79 Å². The van der Waals surface area contributed by atoms with Crippen molar-refractivity contribution in [1.82, 2.24) is 4.57 Å². The van der Waals surface area contributed by atoms with Crippen molar-refractivity contribution in [3.05, 3.63) is 99.9 Å². The molecule has 1 amide bonds. The monoisotopic (exact) mass is 410 g/mol. The van der Waals surface area contributed by atoms with Crippen LogP contribution in [0.15, 0.2) is 77.8 Å². The Kier molecular flexibility index (Phi) is 5.65. The van der Waals surface area contributed by atoms with Crippen LogP contribution in [0.4, 0.5) is 0 Å². The average molecular weight is 411 g/mol. The van der Waals surface area contributed by atoms with Gasteiger partial charge < -0.3 is 4.57 Å². The van der Waals surface area contributed by atoms with Gasteiger partial charge in [-0.05, 0) is 42.2 Å². The van der Waals surface area contributed by atoms with Crippen molar-refractivity contribution in [2.45, 2.75) is 26.3 Å². The van der Waals surface area contributed by atoms with E-state index >= 15 is 0 Å². The fourth-order valence-electron chi connectivity index (χ4n) is 3.84. The summed E-state index contributed by atoms with van der Waals surface area (Å²) in [4.78, 5) is 18.7. The highest BCUT2D eigenvalue weighted by Gasteiger charge is 2.22. The van der Waals surface area contributed by atoms with Gasteiger partial charge in [-0.3, -0.25) is 4.79 Å². The lowest BCUT2D eigenvalue weighted by molar-refractivity contribution is -0.118. The molecule has 0 N–H and O–H groups in total. The Morgan fingerprint density at radius 3 is 2.20 bits per heavy atom. The molecular weight excluding hydrogens is 388 g/mol. The molecule has 0 aliphatic carbocycles. The van der Waals surface area contributed by atoms with Crippen LogP contribution in [0, 0.1) is 26.2 Å². The Hall–Kier alpha value is -3.42. The first-order valence-electron chi connectivity index (χ1n) is 9.81. The Bertz CT molecular complexity index is 1270. The first-order chi connectivity index (χ1) is 14.6. The highest BCUT2D eigenvalue weighted by atomic mass is 32.1. The van der Waals surface area contributed by atoms with Gasteiger partial charge in [0, 0.05) is 0 Å². The molecule has 0 aliphatic heterocycles. The molecule has 0 radical (unpaired) electrons. The second-order valence-corrected chi connectivity index (χ2v) is 8.32. The van der Waals surface area contributed by atoms with Gasteiger partial charge in [-0.2, -0.15) is 4.99 Å². The smallest absolute Gasteiger partial charge is 0.260 e. The fraction of sp³-hybridized carbons (Fsp3) is 0.154. The van der Waals surface area contributed by atoms with Crippen molar-refractivity contribution in [2.24, 2.45) is 4.99 Å². The van der Waals surface area contributed by atoms with Crippen molar-refractivity contribution in [2.75, 3.05) is 0 Å². The Labute approximate surface area is 180 Å². The number of aromatic nitrogens is 1. The summed E-state index contributed by atoms with van der Waals surface area (Å²) in [5, 5.41) is 0. The number of aryl methyl sites for hydroxylation is 2. The predicted molar refractivity (Wildman–Crippen MR) is 123 cm³/mol. The first kappa shape index (κ1) is 19.9. The van der Waals surface area contributed by atoms with Crippen molar-refractivity contribution in [3.63, 3.8) is 0 Å². The zero-order valence-corrected chi connectivity index (χ0v) is 17.8. The molecule has 0 atom stereocenters. The molecule has 0 spiro atoms. The van der Waals surface area contributed by atoms with Crippen LogP contribution >= 0.6 is 11.3 Å². The zero-order valence-electron chi connectivity index (χ0n) is 17.0. The second-order valence-electron chi connectivity index (χ2n) is 7.31. The maximum Gasteiger partial charge on any atom is 0.260 e. The van der Waals surface area contributed by atoms with E-state index in [1.54, 1.807) is 0 Å². The van der Waals surface area contributed by atoms with Gasteiger partial charge in [0.2, 0.25) is 0 Å². The first-order valence-corrected chi connectivity index (χ1v) is 10.6. The molecule has 0 bridgehead atoms. The summed E-state index contributed by atoms with van der Waals surface area (Å²) >= 11 is 1.51. The molecule has 1 aromatic heterocycles. The number of hydrogen-bond acceptors (Lipinski definition) is 2. The Morgan fingerprint density at radius 1 is 1.03 bits per heavy atom. The van der Waals surface area contributed by atoms with Gasteiger partial charge in [-0.15, -0.1) is 6.42 Å². The second kappa shape index (κ2) is 8.52. The molecule has 4 rings (SSSR count). The highest BCUT2D eigenvalue weighted by Crippen LogP contribution is 2.27. The van der Waals surface area contributed by atoms with Crippen LogP contribution in [0.1, 0.15) is 28.2 Å². The van der Waals surface area contributed by atoms with E-state index in [0.29, 0.717) is 11.3 Å². The minimum Gasteiger partial charge on any atom is -0.304 e. The Morgan fingerprint density at radius 2 is 1.63 bits per heavy atom. The SMILES string of the molecule is C#CCn1c(=NC(=O)C(c2ccccc2)c2ccccc2)sc2cc(C)cc(C)c21. The third-order valence-electron chi connectivity index (χ3n) is 5.08. The minimum absolute atomic E-state index is 0.195. The molecule has 0 unspecified atom stereocenters. The summed E-state index contributed by atoms with van der Waals surface area (Å²) in [7, 11) is 0. The largest absolute Gasteiger partial charge is 0.304 e. The van der Waals surface area contributed by atoms with E-state index in [4.69, 9.17) is 6.42 Å². The minimum atomic E-state index is -0.459. The van der Waals surface area contributed by atoms with E-state index in [0.717, 1.165) is 26.9 Å². The van der Waals surface area contributed by atoms with E-state index in [-0.39, 0.29) is 5.91 Å². The van der Waals surface area contributed by atoms with E-state index in [1.807, 2.05) is 65.2 Å². The molecule has 0 saturated carbocycles. The number of amides is 1. The zero-order chi connectivity index (χ0) is 21.1. The molecular formula is C26H22N2OS. The Balaban J connectivity index is 1.90. The van der Waals surface area contributed by atoms with Gasteiger partial charge in [-0.1, -0.05) is 84.0 Å². The van der Waals surface area contributed by atoms with Crippen LogP contribution in [0.3, 0.4) is 0 Å². The van der Waals surface area contributed by atoms with E-state index in [1.165, 1.54) is 16.9 Å². The van der Waals surface area contributed by atoms with Crippen molar-refractivity contribution in [1.29, 1.82) is 0 Å². The van der Waals surface area contributed by atoms with Crippen LogP contribution in [0.25, 0.3) is 10.2 Å². The van der Waals surface area contributed by atoms with Crippen molar-refractivity contribution >= 4 is 27.5 Å². The summed E-state index contributed by atoms with van der Waals surface area (Å²) in [5.74, 6) is 2.05. The number of fused-ring (bicyclic) bond motifs is 1. The van der Waals surface area contributed by atoms with Gasteiger partial charge in [0.25, 0.3) is 5.91 Å². The third-order valence-corrected chi connectivity index (χ3v) is 6.11. The molecule has 1 heterocycles. The molecule has 0 saturated heterocycles. The fourth-order valence-corrected chi connectivity index (χ4v) is 5.05. The molecule has 30 heavy (non-hydrogen) atoms. The summed E-state index contributed by atoms with van der Waals surface area (Å²) in [6.45, 7) is 4.51. The molecule has 4 heteroatoms. The lowest BCUT2D eigenvalue weighted by Crippen LogP contribution is -2.20. The number of rotatable bonds is 4. The predicted octanol–water partition coefficient (Wildman–Crippen LogP) is 5.21. The summed E-state index contributed by atoms with van der Waals surface area (Å²) in [6, 6.07) is 23.8. The standard InChI is InChI=1S/C26H22N2OS/c1-4-15-28-24-19(3)16-18(2)17-22(24)30-26(28)27-25(29)23(20-11-7-5-8-12-20)21-13-9-6-10-14-21/h1,5-14,16-17,23H,15H2,2-3H3. The lowest BCUT2D eigenvalue weighted by Gasteiger charge is -2.14. The number of thiazole rings is 1. The summed E-state index contributed by atoms with van der Waals surface area (Å²) < 4.78 is 3.06. The third kappa shape index (κ3) is 3.85. The number of carbonyl (C=O) groups is 1. The van der Waals surface area contributed by atoms with E-state index < -0.39 is 5.92 Å². The van der Waals surface area contributed by atoms with Crippen LogP contribution in [-0.4, -0.2) is 10.5 Å².